The second-order valence-corrected chi connectivity index (χ2v) is 6.90. The third-order valence-corrected chi connectivity index (χ3v) is 4.79. The van der Waals surface area contributed by atoms with Crippen molar-refractivity contribution in [3.05, 3.63) is 46.2 Å². The van der Waals surface area contributed by atoms with Crippen LogP contribution in [0.15, 0.2) is 35.1 Å². The molecule has 1 aromatic heterocycles. The van der Waals surface area contributed by atoms with Crippen LogP contribution in [0.5, 0.6) is 0 Å². The molecule has 0 saturated carbocycles. The van der Waals surface area contributed by atoms with Crippen molar-refractivity contribution in [3.8, 4) is 0 Å². The summed E-state index contributed by atoms with van der Waals surface area (Å²) in [6.45, 7) is 5.99. The lowest BCUT2D eigenvalue weighted by atomic mass is 9.77. The fourth-order valence-electron chi connectivity index (χ4n) is 3.30. The molecule has 1 aromatic carbocycles. The zero-order valence-corrected chi connectivity index (χ0v) is 13.6. The fourth-order valence-corrected chi connectivity index (χ4v) is 3.30. The van der Waals surface area contributed by atoms with E-state index in [2.05, 4.69) is 29.5 Å². The van der Waals surface area contributed by atoms with E-state index in [0.29, 0.717) is 17.6 Å². The molecule has 2 aromatic rings. The molecule has 1 amide bonds. The Bertz CT molecular complexity index is 779. The molecule has 23 heavy (non-hydrogen) atoms. The molecular formula is C18H23N3O2. The van der Waals surface area contributed by atoms with Gasteiger partial charge in [0.05, 0.1) is 5.56 Å². The Balaban J connectivity index is 1.80. The van der Waals surface area contributed by atoms with Crippen LogP contribution in [0.4, 0.5) is 0 Å². The monoisotopic (exact) mass is 313 g/mol. The van der Waals surface area contributed by atoms with Gasteiger partial charge < -0.3 is 15.6 Å². The minimum atomic E-state index is -0.259. The van der Waals surface area contributed by atoms with E-state index < -0.39 is 0 Å². The molecular weight excluding hydrogens is 290 g/mol. The summed E-state index contributed by atoms with van der Waals surface area (Å²) in [5, 5.41) is 7.24. The maximum absolute atomic E-state index is 12.6. The zero-order chi connectivity index (χ0) is 16.4. The number of hydrogen-bond donors (Lipinski definition) is 3. The molecule has 0 aliphatic carbocycles. The molecule has 0 spiro atoms. The van der Waals surface area contributed by atoms with E-state index in [4.69, 9.17) is 0 Å². The van der Waals surface area contributed by atoms with Gasteiger partial charge in [-0.3, -0.25) is 9.59 Å². The summed E-state index contributed by atoms with van der Waals surface area (Å²) in [5.41, 5.74) is 1.01. The first-order chi connectivity index (χ1) is 11.0. The molecule has 1 aliphatic heterocycles. The third-order valence-electron chi connectivity index (χ3n) is 4.79. The van der Waals surface area contributed by atoms with Crippen molar-refractivity contribution in [2.24, 2.45) is 5.41 Å². The normalized spacial score (nSPS) is 20.3. The molecule has 5 nitrogen and oxygen atoms in total. The van der Waals surface area contributed by atoms with Crippen LogP contribution in [0.1, 0.15) is 37.0 Å². The standard InChI is InChI=1S/C18H23N3O2/c1-18(2)8-5-9-19-15(18)11-20-17(23)13-10-16(22)21-14-7-4-3-6-12(13)14/h3-4,6-7,10,15,19H,5,8-9,11H2,1-2H3,(H,20,23)(H,21,22). The highest BCUT2D eigenvalue weighted by atomic mass is 16.2. The van der Waals surface area contributed by atoms with Crippen LogP contribution in [0, 0.1) is 5.41 Å². The Hall–Kier alpha value is -2.14. The lowest BCUT2D eigenvalue weighted by Crippen LogP contribution is -2.52. The number of amides is 1. The summed E-state index contributed by atoms with van der Waals surface area (Å²) >= 11 is 0. The highest BCUT2D eigenvalue weighted by Crippen LogP contribution is 2.29. The number of aromatic amines is 1. The Morgan fingerprint density at radius 2 is 2.13 bits per heavy atom. The van der Waals surface area contributed by atoms with Gasteiger partial charge in [0.1, 0.15) is 0 Å². The quantitative estimate of drug-likeness (QED) is 0.812. The molecule has 2 heterocycles. The first kappa shape index (κ1) is 15.7. The summed E-state index contributed by atoms with van der Waals surface area (Å²) in [7, 11) is 0. The van der Waals surface area contributed by atoms with Gasteiger partial charge in [-0.25, -0.2) is 0 Å². The average Bonchev–Trinajstić information content (AvgIpc) is 2.52. The van der Waals surface area contributed by atoms with E-state index in [9.17, 15) is 9.59 Å². The molecule has 0 radical (unpaired) electrons. The van der Waals surface area contributed by atoms with Crippen molar-refractivity contribution in [1.82, 2.24) is 15.6 Å². The number of carbonyl (C=O) groups excluding carboxylic acids is 1. The number of para-hydroxylation sites is 1. The van der Waals surface area contributed by atoms with E-state index in [1.165, 1.54) is 6.07 Å². The molecule has 1 saturated heterocycles. The first-order valence-electron chi connectivity index (χ1n) is 8.11. The van der Waals surface area contributed by atoms with Crippen LogP contribution in [-0.4, -0.2) is 30.0 Å². The number of piperidine rings is 1. The van der Waals surface area contributed by atoms with Gasteiger partial charge in [0.2, 0.25) is 5.56 Å². The maximum Gasteiger partial charge on any atom is 0.252 e. The SMILES string of the molecule is CC1(C)CCCNC1CNC(=O)c1cc(=O)[nH]c2ccccc12. The molecule has 0 bridgehead atoms. The van der Waals surface area contributed by atoms with E-state index >= 15 is 0 Å². The summed E-state index contributed by atoms with van der Waals surface area (Å²) in [6, 6.07) is 8.98. The van der Waals surface area contributed by atoms with Crippen LogP contribution in [0.3, 0.4) is 0 Å². The number of pyridine rings is 1. The van der Waals surface area contributed by atoms with Crippen molar-refractivity contribution >= 4 is 16.8 Å². The molecule has 3 rings (SSSR count). The van der Waals surface area contributed by atoms with Crippen LogP contribution >= 0.6 is 0 Å². The minimum Gasteiger partial charge on any atom is -0.350 e. The van der Waals surface area contributed by atoms with Crippen LogP contribution in [0.25, 0.3) is 10.9 Å². The van der Waals surface area contributed by atoms with Gasteiger partial charge in [-0.1, -0.05) is 32.0 Å². The largest absolute Gasteiger partial charge is 0.350 e. The molecule has 3 N–H and O–H groups in total. The third kappa shape index (κ3) is 3.29. The summed E-state index contributed by atoms with van der Waals surface area (Å²) in [6.07, 6.45) is 2.31. The minimum absolute atomic E-state index is 0.155. The number of rotatable bonds is 3. The summed E-state index contributed by atoms with van der Waals surface area (Å²) in [4.78, 5) is 27.1. The fraction of sp³-hybridized carbons (Fsp3) is 0.444. The Kier molecular flexibility index (Phi) is 4.22. The molecule has 1 aliphatic rings. The predicted octanol–water partition coefficient (Wildman–Crippen LogP) is 2.04. The topological polar surface area (TPSA) is 74.0 Å². The lowest BCUT2D eigenvalue weighted by Gasteiger charge is -2.39. The zero-order valence-electron chi connectivity index (χ0n) is 13.6. The van der Waals surface area contributed by atoms with Crippen LogP contribution in [-0.2, 0) is 0 Å². The molecule has 5 heteroatoms. The number of fused-ring (bicyclic) bond motifs is 1. The molecule has 1 unspecified atom stereocenters. The van der Waals surface area contributed by atoms with Gasteiger partial charge in [0.25, 0.3) is 5.91 Å². The van der Waals surface area contributed by atoms with Crippen molar-refractivity contribution in [1.29, 1.82) is 0 Å². The van der Waals surface area contributed by atoms with Crippen molar-refractivity contribution in [2.75, 3.05) is 13.1 Å². The Morgan fingerprint density at radius 3 is 2.91 bits per heavy atom. The maximum atomic E-state index is 12.6. The van der Waals surface area contributed by atoms with Crippen LogP contribution < -0.4 is 16.2 Å². The van der Waals surface area contributed by atoms with Gasteiger partial charge >= 0.3 is 0 Å². The highest BCUT2D eigenvalue weighted by Gasteiger charge is 2.32. The van der Waals surface area contributed by atoms with Crippen molar-refractivity contribution < 1.29 is 4.79 Å². The van der Waals surface area contributed by atoms with Crippen molar-refractivity contribution in [2.45, 2.75) is 32.7 Å². The number of nitrogens with one attached hydrogen (secondary N) is 3. The molecule has 122 valence electrons. The number of H-pyrrole nitrogens is 1. The van der Waals surface area contributed by atoms with E-state index in [-0.39, 0.29) is 22.9 Å². The number of aromatic nitrogens is 1. The second kappa shape index (κ2) is 6.16. The number of hydrogen-bond acceptors (Lipinski definition) is 3. The van der Waals surface area contributed by atoms with Crippen LogP contribution in [0.2, 0.25) is 0 Å². The Morgan fingerprint density at radius 1 is 1.35 bits per heavy atom. The average molecular weight is 313 g/mol. The van der Waals surface area contributed by atoms with E-state index in [1.54, 1.807) is 6.07 Å². The van der Waals surface area contributed by atoms with Gasteiger partial charge in [-0.05, 0) is 30.9 Å². The van der Waals surface area contributed by atoms with Gasteiger partial charge in [0.15, 0.2) is 0 Å². The van der Waals surface area contributed by atoms with Gasteiger partial charge in [-0.15, -0.1) is 0 Å². The Labute approximate surface area is 135 Å². The van der Waals surface area contributed by atoms with Gasteiger partial charge in [0, 0.05) is 29.6 Å². The second-order valence-electron chi connectivity index (χ2n) is 6.90. The van der Waals surface area contributed by atoms with E-state index in [1.807, 2.05) is 18.2 Å². The van der Waals surface area contributed by atoms with Crippen molar-refractivity contribution in [3.63, 3.8) is 0 Å². The predicted molar refractivity (Wildman–Crippen MR) is 91.7 cm³/mol. The number of carbonyl (C=O) groups is 1. The summed E-state index contributed by atoms with van der Waals surface area (Å²) < 4.78 is 0. The summed E-state index contributed by atoms with van der Waals surface area (Å²) in [5.74, 6) is -0.199. The first-order valence-corrected chi connectivity index (χ1v) is 8.11. The lowest BCUT2D eigenvalue weighted by molar-refractivity contribution is 0.0930. The molecule has 1 atom stereocenters. The van der Waals surface area contributed by atoms with Gasteiger partial charge in [-0.2, -0.15) is 0 Å². The smallest absolute Gasteiger partial charge is 0.252 e. The highest BCUT2D eigenvalue weighted by molar-refractivity contribution is 6.05. The number of benzene rings is 1. The van der Waals surface area contributed by atoms with E-state index in [0.717, 1.165) is 24.8 Å². The molecule has 1 fully saturated rings.